The van der Waals surface area contributed by atoms with Crippen molar-refractivity contribution in [3.05, 3.63) is 99.8 Å². The van der Waals surface area contributed by atoms with Crippen LogP contribution < -0.4 is 10.6 Å². The van der Waals surface area contributed by atoms with E-state index in [9.17, 15) is 37.8 Å². The van der Waals surface area contributed by atoms with Gasteiger partial charge in [-0.25, -0.2) is 13.2 Å². The summed E-state index contributed by atoms with van der Waals surface area (Å²) in [5, 5.41) is 26.1. The number of nitrogens with one attached hydrogen (secondary N) is 2. The molecule has 12 heteroatoms. The molecule has 1 saturated heterocycles. The summed E-state index contributed by atoms with van der Waals surface area (Å²) in [7, 11) is 0. The minimum atomic E-state index is -3.44. The number of carbonyl (C=O) groups excluding carboxylic acids is 3. The van der Waals surface area contributed by atoms with Crippen LogP contribution in [-0.2, 0) is 22.6 Å². The Balaban J connectivity index is 1.56. The van der Waals surface area contributed by atoms with Crippen LogP contribution in [0.15, 0.2) is 66.7 Å². The molecule has 8 nitrogen and oxygen atoms in total. The molecule has 1 aliphatic rings. The molecule has 0 spiro atoms. The highest BCUT2D eigenvalue weighted by Gasteiger charge is 2.51. The fourth-order valence-corrected chi connectivity index (χ4v) is 5.07. The fourth-order valence-electron chi connectivity index (χ4n) is 4.84. The molecule has 0 radical (unpaired) electrons. The van der Waals surface area contributed by atoms with E-state index in [1.807, 2.05) is 0 Å². The fraction of sp³-hybridized carbons (Fsp3) is 0.300. The normalized spacial score (nSPS) is 17.4. The van der Waals surface area contributed by atoms with Crippen molar-refractivity contribution in [3.8, 4) is 5.75 Å². The van der Waals surface area contributed by atoms with Crippen molar-refractivity contribution in [2.45, 2.75) is 50.4 Å². The van der Waals surface area contributed by atoms with Crippen LogP contribution in [0.25, 0.3) is 0 Å². The molecule has 3 aromatic rings. The molecular weight excluding hydrogens is 575 g/mol. The van der Waals surface area contributed by atoms with Crippen LogP contribution in [0.2, 0.25) is 5.02 Å². The van der Waals surface area contributed by atoms with E-state index in [4.69, 9.17) is 11.6 Å². The number of likely N-dealkylation sites (tertiary alicyclic amines) is 1. The molecule has 3 amide bonds. The summed E-state index contributed by atoms with van der Waals surface area (Å²) in [6, 6.07) is 13.8. The van der Waals surface area contributed by atoms with Crippen molar-refractivity contribution in [2.75, 3.05) is 6.54 Å². The van der Waals surface area contributed by atoms with Crippen LogP contribution in [0.1, 0.15) is 33.5 Å². The van der Waals surface area contributed by atoms with Gasteiger partial charge in [0.15, 0.2) is 6.10 Å². The number of phenolic OH excluding ortho intramolecular Hbond substituents is 1. The Kier molecular flexibility index (Phi) is 9.43. The van der Waals surface area contributed by atoms with Gasteiger partial charge < -0.3 is 25.7 Å². The van der Waals surface area contributed by atoms with E-state index in [-0.39, 0.29) is 33.9 Å². The highest BCUT2D eigenvalue weighted by atomic mass is 35.5. The summed E-state index contributed by atoms with van der Waals surface area (Å²) in [5.74, 6) is -7.16. The number of rotatable bonds is 9. The van der Waals surface area contributed by atoms with Crippen LogP contribution >= 0.6 is 11.6 Å². The van der Waals surface area contributed by atoms with Gasteiger partial charge in [0.1, 0.15) is 17.6 Å². The largest absolute Gasteiger partial charge is 0.508 e. The molecular formula is C30H29ClF3N3O5. The maximum atomic E-state index is 14.6. The second kappa shape index (κ2) is 12.8. The second-order valence-electron chi connectivity index (χ2n) is 10.1. The molecule has 0 saturated carbocycles. The smallest absolute Gasteiger partial charge is 0.267 e. The summed E-state index contributed by atoms with van der Waals surface area (Å²) >= 11 is 5.99. The summed E-state index contributed by atoms with van der Waals surface area (Å²) in [6.07, 6.45) is -3.08. The molecule has 4 N–H and O–H groups in total. The number of halogens is 4. The average molecular weight is 604 g/mol. The summed E-state index contributed by atoms with van der Waals surface area (Å²) in [6.45, 7) is -0.0336. The van der Waals surface area contributed by atoms with Crippen molar-refractivity contribution in [1.82, 2.24) is 15.5 Å². The van der Waals surface area contributed by atoms with Crippen molar-refractivity contribution >= 4 is 29.3 Å². The monoisotopic (exact) mass is 603 g/mol. The molecule has 222 valence electrons. The number of phenols is 1. The third kappa shape index (κ3) is 7.03. The van der Waals surface area contributed by atoms with Gasteiger partial charge in [0.25, 0.3) is 17.7 Å². The Bertz CT molecular complexity index is 1450. The number of alkyl halides is 2. The van der Waals surface area contributed by atoms with E-state index in [0.29, 0.717) is 10.5 Å². The standard InChI is InChI=1S/C30H29ClF3N3O5/c1-17-19(9-5-12-25(17)38)27(40)36-23(13-18-7-3-2-4-8-18)26(39)29(42)37-16-30(33,34)14-24(37)28(41)35-15-20-21(31)10-6-11-22(20)32/h2-12,23-24,26,38-39H,13-16H2,1H3,(H,35,41)(H,36,40). The summed E-state index contributed by atoms with van der Waals surface area (Å²) in [5.41, 5.74) is 0.929. The Labute approximate surface area is 245 Å². The first kappa shape index (κ1) is 30.9. The van der Waals surface area contributed by atoms with Gasteiger partial charge in [-0.3, -0.25) is 14.4 Å². The predicted molar refractivity (Wildman–Crippen MR) is 149 cm³/mol. The molecule has 3 unspecified atom stereocenters. The lowest BCUT2D eigenvalue weighted by molar-refractivity contribution is -0.147. The van der Waals surface area contributed by atoms with Crippen molar-refractivity contribution in [1.29, 1.82) is 0 Å². The van der Waals surface area contributed by atoms with E-state index in [2.05, 4.69) is 10.6 Å². The van der Waals surface area contributed by atoms with Crippen LogP contribution in [0.5, 0.6) is 5.75 Å². The molecule has 1 heterocycles. The third-order valence-electron chi connectivity index (χ3n) is 7.16. The number of carbonyl (C=O) groups is 3. The van der Waals surface area contributed by atoms with Crippen molar-refractivity contribution in [3.63, 3.8) is 0 Å². The minimum absolute atomic E-state index is 0.0249. The van der Waals surface area contributed by atoms with Gasteiger partial charge in [0.2, 0.25) is 5.91 Å². The molecule has 42 heavy (non-hydrogen) atoms. The molecule has 3 aromatic carbocycles. The van der Waals surface area contributed by atoms with Crippen LogP contribution in [0.4, 0.5) is 13.2 Å². The van der Waals surface area contributed by atoms with Crippen molar-refractivity contribution in [2.24, 2.45) is 0 Å². The number of aliphatic hydroxyl groups excluding tert-OH is 1. The Morgan fingerprint density at radius 3 is 2.45 bits per heavy atom. The lowest BCUT2D eigenvalue weighted by atomic mass is 9.98. The maximum Gasteiger partial charge on any atom is 0.267 e. The Hall–Kier alpha value is -4.09. The van der Waals surface area contributed by atoms with E-state index < -0.39 is 67.2 Å². The average Bonchev–Trinajstić information content (AvgIpc) is 3.28. The van der Waals surface area contributed by atoms with Gasteiger partial charge in [-0.15, -0.1) is 0 Å². The molecule has 0 aliphatic carbocycles. The third-order valence-corrected chi connectivity index (χ3v) is 7.51. The van der Waals surface area contributed by atoms with Gasteiger partial charge in [0, 0.05) is 34.7 Å². The number of hydrogen-bond acceptors (Lipinski definition) is 5. The SMILES string of the molecule is Cc1c(O)cccc1C(=O)NC(Cc1ccccc1)C(O)C(=O)N1CC(F)(F)CC1C(=O)NCc1c(F)cccc1Cl. The first-order valence-electron chi connectivity index (χ1n) is 13.1. The molecule has 3 atom stereocenters. The van der Waals surface area contributed by atoms with Crippen molar-refractivity contribution < 1.29 is 37.8 Å². The van der Waals surface area contributed by atoms with Gasteiger partial charge in [0.05, 0.1) is 12.6 Å². The quantitative estimate of drug-likeness (QED) is 0.297. The number of nitrogens with zero attached hydrogens (tertiary/aromatic N) is 1. The highest BCUT2D eigenvalue weighted by Crippen LogP contribution is 2.33. The first-order valence-corrected chi connectivity index (χ1v) is 13.5. The van der Waals surface area contributed by atoms with E-state index in [1.165, 1.54) is 37.3 Å². The molecule has 1 aliphatic heterocycles. The second-order valence-corrected chi connectivity index (χ2v) is 10.5. The lowest BCUT2D eigenvalue weighted by Crippen LogP contribution is -2.56. The van der Waals surface area contributed by atoms with E-state index in [0.717, 1.165) is 6.07 Å². The van der Waals surface area contributed by atoms with Gasteiger partial charge >= 0.3 is 0 Å². The zero-order valence-electron chi connectivity index (χ0n) is 22.5. The number of aliphatic hydroxyl groups is 1. The van der Waals surface area contributed by atoms with E-state index >= 15 is 0 Å². The number of aromatic hydroxyl groups is 1. The number of amides is 3. The van der Waals surface area contributed by atoms with Crippen LogP contribution in [0, 0.1) is 12.7 Å². The first-order chi connectivity index (χ1) is 19.9. The Morgan fingerprint density at radius 2 is 1.76 bits per heavy atom. The summed E-state index contributed by atoms with van der Waals surface area (Å²) < 4.78 is 43.3. The lowest BCUT2D eigenvalue weighted by Gasteiger charge is -2.30. The van der Waals surface area contributed by atoms with Crippen LogP contribution in [0.3, 0.4) is 0 Å². The maximum absolute atomic E-state index is 14.6. The zero-order chi connectivity index (χ0) is 30.6. The zero-order valence-corrected chi connectivity index (χ0v) is 23.2. The minimum Gasteiger partial charge on any atom is -0.508 e. The molecule has 4 rings (SSSR count). The molecule has 0 bridgehead atoms. The van der Waals surface area contributed by atoms with E-state index in [1.54, 1.807) is 30.3 Å². The summed E-state index contributed by atoms with van der Waals surface area (Å²) in [4.78, 5) is 40.2. The van der Waals surface area contributed by atoms with Crippen LogP contribution in [-0.4, -0.2) is 63.5 Å². The number of benzene rings is 3. The number of hydrogen-bond donors (Lipinski definition) is 4. The topological polar surface area (TPSA) is 119 Å². The van der Waals surface area contributed by atoms with Gasteiger partial charge in [-0.2, -0.15) is 0 Å². The molecule has 1 fully saturated rings. The predicted octanol–water partition coefficient (Wildman–Crippen LogP) is 3.75. The van der Waals surface area contributed by atoms with Gasteiger partial charge in [-0.1, -0.05) is 54.1 Å². The van der Waals surface area contributed by atoms with Gasteiger partial charge in [-0.05, 0) is 43.2 Å². The Morgan fingerprint density at radius 1 is 1.07 bits per heavy atom. The molecule has 0 aromatic heterocycles. The highest BCUT2D eigenvalue weighted by molar-refractivity contribution is 6.31.